The summed E-state index contributed by atoms with van der Waals surface area (Å²) in [6, 6.07) is 9.23. The van der Waals surface area contributed by atoms with Gasteiger partial charge in [0.05, 0.1) is 0 Å². The van der Waals surface area contributed by atoms with Gasteiger partial charge in [-0.2, -0.15) is 0 Å². The largest absolute Gasteiger partial charge is 1.00 e. The number of hydrogen-bond donors (Lipinski definition) is 0. The van der Waals surface area contributed by atoms with E-state index in [0.29, 0.717) is 6.42 Å². The molecule has 0 spiro atoms. The summed E-state index contributed by atoms with van der Waals surface area (Å²) in [5.74, 6) is -1.43. The van der Waals surface area contributed by atoms with Crippen LogP contribution in [-0.4, -0.2) is 5.97 Å². The van der Waals surface area contributed by atoms with Gasteiger partial charge >= 0.3 is 29.6 Å². The zero-order chi connectivity index (χ0) is 9.68. The van der Waals surface area contributed by atoms with E-state index >= 15 is 0 Å². The van der Waals surface area contributed by atoms with Crippen molar-refractivity contribution in [1.82, 2.24) is 0 Å². The van der Waals surface area contributed by atoms with Gasteiger partial charge in [-0.15, -0.1) is 0 Å². The second-order valence-electron chi connectivity index (χ2n) is 3.07. The molecule has 0 heterocycles. The molecule has 1 aromatic carbocycles. The van der Waals surface area contributed by atoms with Crippen molar-refractivity contribution in [3.63, 3.8) is 0 Å². The van der Waals surface area contributed by atoms with Crippen LogP contribution < -0.4 is 34.7 Å². The van der Waals surface area contributed by atoms with Gasteiger partial charge in [0.2, 0.25) is 0 Å². The van der Waals surface area contributed by atoms with E-state index in [1.165, 1.54) is 0 Å². The summed E-state index contributed by atoms with van der Waals surface area (Å²) in [7, 11) is 0. The second-order valence-corrected chi connectivity index (χ2v) is 3.07. The van der Waals surface area contributed by atoms with Crippen LogP contribution in [0.3, 0.4) is 0 Å². The maximum atomic E-state index is 10.8. The van der Waals surface area contributed by atoms with Crippen molar-refractivity contribution in [2.45, 2.75) is 25.7 Å². The minimum atomic E-state index is -0.979. The predicted molar refractivity (Wildman–Crippen MR) is 49.1 cm³/mol. The van der Waals surface area contributed by atoms with Crippen LogP contribution in [0.2, 0.25) is 0 Å². The third kappa shape index (κ3) is 3.82. The average Bonchev–Trinajstić information content (AvgIpc) is 2.15. The number of benzene rings is 1. The van der Waals surface area contributed by atoms with Gasteiger partial charge < -0.3 is 9.90 Å². The molecule has 3 heteroatoms. The van der Waals surface area contributed by atoms with E-state index < -0.39 is 11.9 Å². The molecule has 1 unspecified atom stereocenters. The zero-order valence-electron chi connectivity index (χ0n) is 8.69. The molecule has 0 amide bonds. The Balaban J connectivity index is 0.00000169. The van der Waals surface area contributed by atoms with E-state index in [9.17, 15) is 9.90 Å². The predicted octanol–water partition coefficient (Wildman–Crippen LogP) is -1.68. The first-order valence-electron chi connectivity index (χ1n) is 4.51. The van der Waals surface area contributed by atoms with E-state index in [-0.39, 0.29) is 29.6 Å². The number of carbonyl (C=O) groups excluding carboxylic acids is 1. The van der Waals surface area contributed by atoms with Crippen LogP contribution in [0.5, 0.6) is 0 Å². The molecular formula is C11H13NaO2. The van der Waals surface area contributed by atoms with Crippen molar-refractivity contribution in [1.29, 1.82) is 0 Å². The molecule has 0 aliphatic heterocycles. The SMILES string of the molecule is CCCC(C(=O)[O-])c1ccccc1.[Na+]. The maximum Gasteiger partial charge on any atom is 1.00 e. The van der Waals surface area contributed by atoms with Gasteiger partial charge in [0.25, 0.3) is 0 Å². The van der Waals surface area contributed by atoms with Crippen LogP contribution in [0, 0.1) is 0 Å². The number of rotatable bonds is 4. The van der Waals surface area contributed by atoms with Crippen molar-refractivity contribution < 1.29 is 39.5 Å². The van der Waals surface area contributed by atoms with Crippen molar-refractivity contribution >= 4 is 5.97 Å². The topological polar surface area (TPSA) is 40.1 Å². The molecule has 1 rings (SSSR count). The van der Waals surface area contributed by atoms with Crippen LogP contribution >= 0.6 is 0 Å². The van der Waals surface area contributed by atoms with Gasteiger partial charge in [-0.3, -0.25) is 0 Å². The minimum absolute atomic E-state index is 0. The Morgan fingerprint density at radius 2 is 1.93 bits per heavy atom. The summed E-state index contributed by atoms with van der Waals surface area (Å²) in [6.07, 6.45) is 1.50. The summed E-state index contributed by atoms with van der Waals surface area (Å²) >= 11 is 0. The molecule has 0 bridgehead atoms. The second kappa shape index (κ2) is 7.04. The molecule has 0 aliphatic rings. The van der Waals surface area contributed by atoms with Gasteiger partial charge in [-0.1, -0.05) is 43.7 Å². The Hall–Kier alpha value is -0.310. The minimum Gasteiger partial charge on any atom is -0.549 e. The molecule has 0 fully saturated rings. The fourth-order valence-corrected chi connectivity index (χ4v) is 1.39. The smallest absolute Gasteiger partial charge is 0.549 e. The van der Waals surface area contributed by atoms with Crippen molar-refractivity contribution in [2.75, 3.05) is 0 Å². The summed E-state index contributed by atoms with van der Waals surface area (Å²) in [4.78, 5) is 10.8. The van der Waals surface area contributed by atoms with E-state index in [1.54, 1.807) is 0 Å². The van der Waals surface area contributed by atoms with Crippen LogP contribution in [0.25, 0.3) is 0 Å². The summed E-state index contributed by atoms with van der Waals surface area (Å²) in [6.45, 7) is 1.97. The normalized spacial score (nSPS) is 11.5. The summed E-state index contributed by atoms with van der Waals surface area (Å²) < 4.78 is 0. The van der Waals surface area contributed by atoms with Gasteiger partial charge in [0, 0.05) is 11.9 Å². The molecule has 0 aliphatic carbocycles. The molecule has 2 nitrogen and oxygen atoms in total. The summed E-state index contributed by atoms with van der Waals surface area (Å²) in [5, 5.41) is 10.8. The molecule has 1 aromatic rings. The van der Waals surface area contributed by atoms with Crippen LogP contribution in [0.1, 0.15) is 31.2 Å². The standard InChI is InChI=1S/C11H14O2.Na/c1-2-6-10(11(12)13)9-7-4-3-5-8-9;/h3-5,7-8,10H,2,6H2,1H3,(H,12,13);/q;+1/p-1. The molecule has 70 valence electrons. The van der Waals surface area contributed by atoms with Gasteiger partial charge in [0.1, 0.15) is 0 Å². The number of carbonyl (C=O) groups is 1. The number of hydrogen-bond acceptors (Lipinski definition) is 2. The van der Waals surface area contributed by atoms with Gasteiger partial charge in [0.15, 0.2) is 0 Å². The molecule has 1 atom stereocenters. The van der Waals surface area contributed by atoms with Crippen molar-refractivity contribution in [3.05, 3.63) is 35.9 Å². The quantitative estimate of drug-likeness (QED) is 0.545. The fourth-order valence-electron chi connectivity index (χ4n) is 1.39. The molecule has 0 aromatic heterocycles. The Morgan fingerprint density at radius 1 is 1.36 bits per heavy atom. The molecule has 14 heavy (non-hydrogen) atoms. The number of aliphatic carboxylic acids is 1. The average molecular weight is 200 g/mol. The summed E-state index contributed by atoms with van der Waals surface area (Å²) in [5.41, 5.74) is 0.837. The Morgan fingerprint density at radius 3 is 2.36 bits per heavy atom. The van der Waals surface area contributed by atoms with E-state index in [0.717, 1.165) is 12.0 Å². The number of carboxylic acids is 1. The molecule has 0 radical (unpaired) electrons. The van der Waals surface area contributed by atoms with Crippen molar-refractivity contribution in [3.8, 4) is 0 Å². The molecule has 0 N–H and O–H groups in total. The third-order valence-corrected chi connectivity index (χ3v) is 2.06. The molecule has 0 saturated heterocycles. The molecular weight excluding hydrogens is 187 g/mol. The molecule has 0 saturated carbocycles. The first-order valence-corrected chi connectivity index (χ1v) is 4.51. The Labute approximate surface area is 107 Å². The fraction of sp³-hybridized carbons (Fsp3) is 0.364. The van der Waals surface area contributed by atoms with Crippen LogP contribution in [0.4, 0.5) is 0 Å². The first-order chi connectivity index (χ1) is 6.25. The van der Waals surface area contributed by atoms with Gasteiger partial charge in [-0.25, -0.2) is 0 Å². The zero-order valence-corrected chi connectivity index (χ0v) is 10.7. The van der Waals surface area contributed by atoms with E-state index in [2.05, 4.69) is 0 Å². The number of carboxylic acid groups (broad SMARTS) is 1. The Kier molecular flexibility index (Phi) is 6.89. The Bertz CT molecular complexity index is 272. The van der Waals surface area contributed by atoms with Crippen LogP contribution in [-0.2, 0) is 4.79 Å². The third-order valence-electron chi connectivity index (χ3n) is 2.06. The maximum absolute atomic E-state index is 10.8. The first kappa shape index (κ1) is 13.7. The van der Waals surface area contributed by atoms with Crippen LogP contribution in [0.15, 0.2) is 30.3 Å². The monoisotopic (exact) mass is 200 g/mol. The van der Waals surface area contributed by atoms with Gasteiger partial charge in [-0.05, 0) is 12.0 Å². The van der Waals surface area contributed by atoms with E-state index in [1.807, 2.05) is 37.3 Å². The van der Waals surface area contributed by atoms with Crippen molar-refractivity contribution in [2.24, 2.45) is 0 Å². The van der Waals surface area contributed by atoms with E-state index in [4.69, 9.17) is 0 Å².